The van der Waals surface area contributed by atoms with Gasteiger partial charge in [0, 0.05) is 5.92 Å². The molecule has 24 heavy (non-hydrogen) atoms. The SMILES string of the molecule is c1ccc(C2COC3(CO[B-]4(OCC[NH2+]CCO4)OC3)OC2)cc1. The summed E-state index contributed by atoms with van der Waals surface area (Å²) >= 11 is 0. The summed E-state index contributed by atoms with van der Waals surface area (Å²) in [5.74, 6) is -0.637. The molecule has 3 aliphatic rings. The predicted octanol–water partition coefficient (Wildman–Crippen LogP) is -0.394. The molecule has 0 amide bonds. The van der Waals surface area contributed by atoms with E-state index in [4.69, 9.17) is 28.1 Å². The van der Waals surface area contributed by atoms with Gasteiger partial charge in [-0.3, -0.25) is 0 Å². The van der Waals surface area contributed by atoms with E-state index in [1.807, 2.05) is 18.2 Å². The van der Waals surface area contributed by atoms with Crippen molar-refractivity contribution < 1.29 is 33.4 Å². The van der Waals surface area contributed by atoms with Crippen LogP contribution in [0.25, 0.3) is 0 Å². The molecule has 2 spiro atoms. The number of hydrogen-bond donors (Lipinski definition) is 1. The van der Waals surface area contributed by atoms with Gasteiger partial charge in [0.05, 0.1) is 52.7 Å². The first-order chi connectivity index (χ1) is 11.8. The molecule has 0 saturated carbocycles. The molecular formula is C16H24BNO6. The molecule has 3 fully saturated rings. The summed E-state index contributed by atoms with van der Waals surface area (Å²) in [5.41, 5.74) is 1.22. The van der Waals surface area contributed by atoms with E-state index in [0.29, 0.717) is 26.4 Å². The molecule has 1 aromatic carbocycles. The molecule has 1 aromatic rings. The second-order valence-electron chi connectivity index (χ2n) is 6.45. The zero-order valence-corrected chi connectivity index (χ0v) is 13.7. The normalized spacial score (nSPS) is 27.7. The van der Waals surface area contributed by atoms with Crippen LogP contribution in [0.5, 0.6) is 0 Å². The molecule has 7 nitrogen and oxygen atoms in total. The van der Waals surface area contributed by atoms with Crippen LogP contribution in [0.15, 0.2) is 30.3 Å². The number of nitrogens with two attached hydrogens (primary N) is 1. The molecule has 0 aromatic heterocycles. The summed E-state index contributed by atoms with van der Waals surface area (Å²) in [6.07, 6.45) is 0. The minimum absolute atomic E-state index is 0.225. The molecule has 2 N–H and O–H groups in total. The standard InChI is InChI=1S/C16H23BNO6/c1-2-4-14(5-3-1)15-10-19-16(20-11-15)12-23-17(24-13-16)21-8-6-18-7-9-22-17/h1-5,15,18H,6-13H2/q-1/p+1. The van der Waals surface area contributed by atoms with Gasteiger partial charge in [-0.15, -0.1) is 0 Å². The van der Waals surface area contributed by atoms with Crippen LogP contribution in [0.3, 0.4) is 0 Å². The van der Waals surface area contributed by atoms with E-state index >= 15 is 0 Å². The van der Waals surface area contributed by atoms with Gasteiger partial charge in [0.25, 0.3) is 0 Å². The van der Waals surface area contributed by atoms with Crippen molar-refractivity contribution in [2.75, 3.05) is 52.7 Å². The third-order valence-electron chi connectivity index (χ3n) is 4.67. The Morgan fingerprint density at radius 3 is 2.12 bits per heavy atom. The van der Waals surface area contributed by atoms with Crippen molar-refractivity contribution in [3.8, 4) is 0 Å². The van der Waals surface area contributed by atoms with Gasteiger partial charge >= 0.3 is 6.96 Å². The molecule has 3 aliphatic heterocycles. The quantitative estimate of drug-likeness (QED) is 0.704. The highest BCUT2D eigenvalue weighted by Gasteiger charge is 2.48. The molecule has 0 radical (unpaired) electrons. The molecule has 3 saturated heterocycles. The zero-order valence-electron chi connectivity index (χ0n) is 13.7. The van der Waals surface area contributed by atoms with E-state index < -0.39 is 12.7 Å². The summed E-state index contributed by atoms with van der Waals surface area (Å²) in [6, 6.07) is 10.2. The zero-order chi connectivity index (χ0) is 16.3. The molecule has 8 heteroatoms. The van der Waals surface area contributed by atoms with Crippen LogP contribution >= 0.6 is 0 Å². The number of benzene rings is 1. The Morgan fingerprint density at radius 1 is 0.875 bits per heavy atom. The average molecular weight is 337 g/mol. The topological polar surface area (TPSA) is 72.0 Å². The Labute approximate surface area is 141 Å². The van der Waals surface area contributed by atoms with Crippen LogP contribution in [0.4, 0.5) is 0 Å². The lowest BCUT2D eigenvalue weighted by molar-refractivity contribution is -0.658. The fourth-order valence-corrected chi connectivity index (χ4v) is 3.20. The van der Waals surface area contributed by atoms with E-state index in [-0.39, 0.29) is 19.1 Å². The lowest BCUT2D eigenvalue weighted by Crippen LogP contribution is -2.87. The van der Waals surface area contributed by atoms with E-state index in [1.165, 1.54) is 5.56 Å². The molecule has 4 rings (SSSR count). The Balaban J connectivity index is 1.34. The van der Waals surface area contributed by atoms with Gasteiger partial charge in [0.1, 0.15) is 0 Å². The summed E-state index contributed by atoms with van der Waals surface area (Å²) in [7, 11) is 0. The van der Waals surface area contributed by atoms with Gasteiger partial charge in [-0.25, -0.2) is 0 Å². The Kier molecular flexibility index (Phi) is 4.87. The maximum absolute atomic E-state index is 5.98. The number of ether oxygens (including phenoxy) is 2. The number of rotatable bonds is 1. The van der Waals surface area contributed by atoms with Gasteiger partial charge in [0.2, 0.25) is 5.79 Å². The minimum atomic E-state index is -2.14. The minimum Gasteiger partial charge on any atom is -0.514 e. The molecule has 0 bridgehead atoms. The molecular weight excluding hydrogens is 313 g/mol. The summed E-state index contributed by atoms with van der Waals surface area (Å²) in [5, 5.41) is 2.14. The maximum atomic E-state index is 5.98. The van der Waals surface area contributed by atoms with Crippen molar-refractivity contribution >= 4 is 6.96 Å². The second kappa shape index (κ2) is 7.09. The summed E-state index contributed by atoms with van der Waals surface area (Å²) in [6.45, 7) is 2.32. The fraction of sp³-hybridized carbons (Fsp3) is 0.625. The van der Waals surface area contributed by atoms with Crippen LogP contribution in [0, 0.1) is 0 Å². The fourth-order valence-electron chi connectivity index (χ4n) is 3.20. The smallest absolute Gasteiger partial charge is 0.514 e. The van der Waals surface area contributed by atoms with E-state index in [9.17, 15) is 0 Å². The molecule has 132 valence electrons. The summed E-state index contributed by atoms with van der Waals surface area (Å²) in [4.78, 5) is 0. The monoisotopic (exact) mass is 337 g/mol. The van der Waals surface area contributed by atoms with Crippen molar-refractivity contribution in [1.29, 1.82) is 0 Å². The molecule has 0 unspecified atom stereocenters. The van der Waals surface area contributed by atoms with Gasteiger partial charge in [-0.1, -0.05) is 30.3 Å². The van der Waals surface area contributed by atoms with Crippen LogP contribution < -0.4 is 5.32 Å². The van der Waals surface area contributed by atoms with Gasteiger partial charge in [-0.05, 0) is 5.56 Å². The van der Waals surface area contributed by atoms with Gasteiger partial charge < -0.3 is 33.4 Å². The molecule has 0 aliphatic carbocycles. The van der Waals surface area contributed by atoms with E-state index in [2.05, 4.69) is 17.4 Å². The first kappa shape index (κ1) is 16.5. The van der Waals surface area contributed by atoms with Crippen LogP contribution in [0.2, 0.25) is 0 Å². The van der Waals surface area contributed by atoms with Crippen LogP contribution in [0.1, 0.15) is 11.5 Å². The van der Waals surface area contributed by atoms with Crippen LogP contribution in [-0.4, -0.2) is 65.5 Å². The van der Waals surface area contributed by atoms with Gasteiger partial charge in [0.15, 0.2) is 0 Å². The van der Waals surface area contributed by atoms with Crippen molar-refractivity contribution in [3.63, 3.8) is 0 Å². The van der Waals surface area contributed by atoms with E-state index in [0.717, 1.165) is 13.1 Å². The predicted molar refractivity (Wildman–Crippen MR) is 85.0 cm³/mol. The van der Waals surface area contributed by atoms with Crippen molar-refractivity contribution in [1.82, 2.24) is 0 Å². The van der Waals surface area contributed by atoms with Crippen LogP contribution in [-0.2, 0) is 28.1 Å². The highest BCUT2D eigenvalue weighted by molar-refractivity contribution is 6.53. The van der Waals surface area contributed by atoms with Gasteiger partial charge in [-0.2, -0.15) is 0 Å². The lowest BCUT2D eigenvalue weighted by atomic mass is 9.98. The first-order valence-corrected chi connectivity index (χ1v) is 8.62. The second-order valence-corrected chi connectivity index (χ2v) is 6.45. The van der Waals surface area contributed by atoms with Crippen molar-refractivity contribution in [2.45, 2.75) is 11.7 Å². The Morgan fingerprint density at radius 2 is 1.50 bits per heavy atom. The highest BCUT2D eigenvalue weighted by atomic mass is 16.9. The third kappa shape index (κ3) is 3.50. The largest absolute Gasteiger partial charge is 0.531 e. The number of hydrogen-bond acceptors (Lipinski definition) is 6. The Bertz CT molecular complexity index is 517. The average Bonchev–Trinajstić information content (AvgIpc) is 2.62. The molecule has 3 heterocycles. The molecule has 0 atom stereocenters. The van der Waals surface area contributed by atoms with Crippen molar-refractivity contribution in [3.05, 3.63) is 35.9 Å². The number of quaternary nitrogens is 1. The summed E-state index contributed by atoms with van der Waals surface area (Å²) < 4.78 is 35.0. The van der Waals surface area contributed by atoms with E-state index in [1.54, 1.807) is 0 Å². The highest BCUT2D eigenvalue weighted by Crippen LogP contribution is 2.33. The maximum Gasteiger partial charge on any atom is 0.531 e. The third-order valence-corrected chi connectivity index (χ3v) is 4.67. The van der Waals surface area contributed by atoms with Crippen molar-refractivity contribution in [2.24, 2.45) is 0 Å². The first-order valence-electron chi connectivity index (χ1n) is 8.62. The lowest BCUT2D eigenvalue weighted by Gasteiger charge is -2.52. The Hall–Kier alpha value is -0.995.